The average Bonchev–Trinajstić information content (AvgIpc) is 2.44. The van der Waals surface area contributed by atoms with Gasteiger partial charge in [0.1, 0.15) is 5.82 Å². The molecule has 1 aromatic heterocycles. The Morgan fingerprint density at radius 1 is 1.14 bits per heavy atom. The van der Waals surface area contributed by atoms with Crippen molar-refractivity contribution in [2.24, 2.45) is 0 Å². The number of nitrogens with two attached hydrogens (primary N) is 1. The van der Waals surface area contributed by atoms with Crippen molar-refractivity contribution in [2.45, 2.75) is 20.4 Å². The molecule has 0 aliphatic heterocycles. The van der Waals surface area contributed by atoms with Crippen molar-refractivity contribution in [3.63, 3.8) is 0 Å². The number of nitrogens with one attached hydrogen (secondary N) is 1. The number of halogens is 3. The highest BCUT2D eigenvalue weighted by atomic mass is 19.3. The molecular weight excluding hydrogens is 295 g/mol. The molecule has 3 N–H and O–H groups in total. The molecule has 0 bridgehead atoms. The second-order valence-electron chi connectivity index (χ2n) is 4.64. The molecule has 5 nitrogen and oxygen atoms in total. The van der Waals surface area contributed by atoms with Crippen LogP contribution >= 0.6 is 0 Å². The number of hydrogen-bond acceptors (Lipinski definition) is 5. The molecule has 2 aromatic rings. The summed E-state index contributed by atoms with van der Waals surface area (Å²) in [5, 5.41) is 2.89. The van der Waals surface area contributed by atoms with Gasteiger partial charge in [0.05, 0.1) is 0 Å². The smallest absolute Gasteiger partial charge is 0.306 e. The minimum absolute atomic E-state index is 0.0769. The minimum Gasteiger partial charge on any atom is -0.368 e. The van der Waals surface area contributed by atoms with Crippen LogP contribution in [0.5, 0.6) is 0 Å². The van der Waals surface area contributed by atoms with Gasteiger partial charge in [-0.15, -0.1) is 0 Å². The zero-order chi connectivity index (χ0) is 16.3. The first-order chi connectivity index (χ1) is 10.4. The lowest BCUT2D eigenvalue weighted by Crippen LogP contribution is -2.08. The lowest BCUT2D eigenvalue weighted by atomic mass is 10.0. The Bertz CT molecular complexity index is 706. The number of benzene rings is 1. The first-order valence-electron chi connectivity index (χ1n) is 6.39. The van der Waals surface area contributed by atoms with E-state index in [0.29, 0.717) is 17.0 Å². The minimum atomic E-state index is -2.34. The first kappa shape index (κ1) is 15.7. The maximum absolute atomic E-state index is 13.4. The zero-order valence-corrected chi connectivity index (χ0v) is 12.0. The lowest BCUT2D eigenvalue weighted by Gasteiger charge is -2.09. The molecule has 0 atom stereocenters. The SMILES string of the molecule is Cc1nc(N)nc(NCc2ccc(C)c(C(F)=C(F)F)c2)n1. The van der Waals surface area contributed by atoms with E-state index in [-0.39, 0.29) is 24.0 Å². The summed E-state index contributed by atoms with van der Waals surface area (Å²) in [7, 11) is 0. The second kappa shape index (κ2) is 6.42. The van der Waals surface area contributed by atoms with E-state index in [4.69, 9.17) is 5.73 Å². The van der Waals surface area contributed by atoms with Gasteiger partial charge in [-0.05, 0) is 31.0 Å². The summed E-state index contributed by atoms with van der Waals surface area (Å²) in [5.41, 5.74) is 6.40. The predicted molar refractivity (Wildman–Crippen MR) is 77.7 cm³/mol. The highest BCUT2D eigenvalue weighted by Gasteiger charge is 2.12. The van der Waals surface area contributed by atoms with E-state index < -0.39 is 11.9 Å². The molecule has 116 valence electrons. The third kappa shape index (κ3) is 3.72. The number of nitrogen functional groups attached to an aromatic ring is 1. The summed E-state index contributed by atoms with van der Waals surface area (Å²) < 4.78 is 38.3. The van der Waals surface area contributed by atoms with Crippen LogP contribution in [0.4, 0.5) is 25.1 Å². The molecule has 22 heavy (non-hydrogen) atoms. The lowest BCUT2D eigenvalue weighted by molar-refractivity contribution is 0.410. The summed E-state index contributed by atoms with van der Waals surface area (Å²) in [4.78, 5) is 11.8. The highest BCUT2D eigenvalue weighted by molar-refractivity contribution is 5.63. The van der Waals surface area contributed by atoms with Gasteiger partial charge in [0.15, 0.2) is 5.83 Å². The van der Waals surface area contributed by atoms with Crippen LogP contribution in [0.25, 0.3) is 5.83 Å². The van der Waals surface area contributed by atoms with E-state index in [1.807, 2.05) is 0 Å². The van der Waals surface area contributed by atoms with Crippen LogP contribution < -0.4 is 11.1 Å². The standard InChI is InChI=1S/C14H14F3N5/c1-7-3-4-9(5-10(7)11(15)12(16)17)6-19-14-21-8(2)20-13(18)22-14/h3-5H,6H2,1-2H3,(H3,18,19,20,21,22). The van der Waals surface area contributed by atoms with Gasteiger partial charge in [-0.2, -0.15) is 23.7 Å². The fourth-order valence-corrected chi connectivity index (χ4v) is 1.88. The van der Waals surface area contributed by atoms with Crippen molar-refractivity contribution in [1.82, 2.24) is 15.0 Å². The summed E-state index contributed by atoms with van der Waals surface area (Å²) in [6, 6.07) is 4.63. The van der Waals surface area contributed by atoms with Gasteiger partial charge in [0.25, 0.3) is 0 Å². The van der Waals surface area contributed by atoms with Gasteiger partial charge in [0, 0.05) is 12.1 Å². The van der Waals surface area contributed by atoms with Gasteiger partial charge in [0.2, 0.25) is 11.9 Å². The summed E-state index contributed by atoms with van der Waals surface area (Å²) in [6.45, 7) is 3.46. The van der Waals surface area contributed by atoms with Crippen molar-refractivity contribution < 1.29 is 13.2 Å². The Morgan fingerprint density at radius 3 is 2.50 bits per heavy atom. The molecular formula is C14H14F3N5. The Morgan fingerprint density at radius 2 is 1.86 bits per heavy atom. The monoisotopic (exact) mass is 309 g/mol. The van der Waals surface area contributed by atoms with Gasteiger partial charge in [-0.25, -0.2) is 4.39 Å². The van der Waals surface area contributed by atoms with Crippen molar-refractivity contribution in [3.8, 4) is 0 Å². The van der Waals surface area contributed by atoms with Crippen molar-refractivity contribution in [2.75, 3.05) is 11.1 Å². The van der Waals surface area contributed by atoms with Crippen molar-refractivity contribution in [3.05, 3.63) is 46.8 Å². The van der Waals surface area contributed by atoms with Crippen LogP contribution in [0, 0.1) is 13.8 Å². The Kier molecular flexibility index (Phi) is 4.59. The fraction of sp³-hybridized carbons (Fsp3) is 0.214. The molecule has 0 unspecified atom stereocenters. The Hall–Kier alpha value is -2.64. The van der Waals surface area contributed by atoms with Gasteiger partial charge in [-0.1, -0.05) is 12.1 Å². The maximum Gasteiger partial charge on any atom is 0.306 e. The predicted octanol–water partition coefficient (Wildman–Crippen LogP) is 3.22. The number of anilines is 2. The topological polar surface area (TPSA) is 76.7 Å². The molecule has 0 aliphatic rings. The molecule has 0 spiro atoms. The van der Waals surface area contributed by atoms with Gasteiger partial charge < -0.3 is 11.1 Å². The van der Waals surface area contributed by atoms with E-state index in [2.05, 4.69) is 20.3 Å². The number of hydrogen-bond donors (Lipinski definition) is 2. The Labute approximate surface area is 125 Å². The first-order valence-corrected chi connectivity index (χ1v) is 6.39. The zero-order valence-electron chi connectivity index (χ0n) is 12.0. The third-order valence-corrected chi connectivity index (χ3v) is 2.92. The van der Waals surface area contributed by atoms with Gasteiger partial charge >= 0.3 is 6.08 Å². The molecule has 0 saturated carbocycles. The summed E-state index contributed by atoms with van der Waals surface area (Å²) in [6.07, 6.45) is -2.34. The van der Waals surface area contributed by atoms with E-state index in [0.717, 1.165) is 0 Å². The van der Waals surface area contributed by atoms with E-state index >= 15 is 0 Å². The van der Waals surface area contributed by atoms with Crippen LogP contribution in [0.2, 0.25) is 0 Å². The number of aryl methyl sites for hydroxylation is 2. The number of aromatic nitrogens is 3. The van der Waals surface area contributed by atoms with E-state index in [9.17, 15) is 13.2 Å². The molecule has 1 heterocycles. The second-order valence-corrected chi connectivity index (χ2v) is 4.64. The number of nitrogens with zero attached hydrogens (tertiary/aromatic N) is 3. The van der Waals surface area contributed by atoms with Crippen molar-refractivity contribution in [1.29, 1.82) is 0 Å². The molecule has 8 heteroatoms. The van der Waals surface area contributed by atoms with Crippen LogP contribution in [0.1, 0.15) is 22.5 Å². The maximum atomic E-state index is 13.4. The van der Waals surface area contributed by atoms with Crippen molar-refractivity contribution >= 4 is 17.7 Å². The third-order valence-electron chi connectivity index (χ3n) is 2.92. The molecule has 0 aliphatic carbocycles. The summed E-state index contributed by atoms with van der Waals surface area (Å²) in [5.74, 6) is -0.722. The highest BCUT2D eigenvalue weighted by Crippen LogP contribution is 2.26. The quantitative estimate of drug-likeness (QED) is 0.907. The van der Waals surface area contributed by atoms with E-state index in [1.54, 1.807) is 26.0 Å². The summed E-state index contributed by atoms with van der Waals surface area (Å²) >= 11 is 0. The molecule has 2 rings (SSSR count). The normalized spacial score (nSPS) is 10.4. The molecule has 0 saturated heterocycles. The molecule has 0 radical (unpaired) electrons. The van der Waals surface area contributed by atoms with Gasteiger partial charge in [-0.3, -0.25) is 0 Å². The molecule has 0 fully saturated rings. The largest absolute Gasteiger partial charge is 0.368 e. The van der Waals surface area contributed by atoms with Crippen LogP contribution in [0.3, 0.4) is 0 Å². The molecule has 1 aromatic carbocycles. The number of rotatable bonds is 4. The van der Waals surface area contributed by atoms with Crippen LogP contribution in [0.15, 0.2) is 24.3 Å². The van der Waals surface area contributed by atoms with Crippen LogP contribution in [-0.2, 0) is 6.54 Å². The fourth-order valence-electron chi connectivity index (χ4n) is 1.88. The molecule has 0 amide bonds. The van der Waals surface area contributed by atoms with E-state index in [1.165, 1.54) is 6.07 Å². The van der Waals surface area contributed by atoms with Crippen LogP contribution in [-0.4, -0.2) is 15.0 Å². The Balaban J connectivity index is 2.20. The average molecular weight is 309 g/mol.